The van der Waals surface area contributed by atoms with Crippen molar-refractivity contribution in [2.24, 2.45) is 0 Å². The Bertz CT molecular complexity index is 198. The lowest BCUT2D eigenvalue weighted by atomic mass is 10.4. The Morgan fingerprint density at radius 1 is 1.62 bits per heavy atom. The number of rotatable bonds is 7. The van der Waals surface area contributed by atoms with E-state index in [-0.39, 0.29) is 5.97 Å². The van der Waals surface area contributed by atoms with Crippen LogP contribution in [0.5, 0.6) is 0 Å². The zero-order chi connectivity index (χ0) is 9.94. The van der Waals surface area contributed by atoms with Crippen molar-refractivity contribution in [3.05, 3.63) is 12.7 Å². The molecule has 4 heteroatoms. The predicted octanol–water partition coefficient (Wildman–Crippen LogP) is 1.75. The fraction of sp³-hybridized carbons (Fsp3) is 0.556. The van der Waals surface area contributed by atoms with Gasteiger partial charge in [0, 0.05) is 18.2 Å². The number of unbranched alkanes of at least 4 members (excludes halogenated alkanes) is 1. The molecule has 0 atom stereocenters. The Morgan fingerprint density at radius 2 is 2.38 bits per heavy atom. The van der Waals surface area contributed by atoms with E-state index in [2.05, 4.69) is 12.6 Å². The van der Waals surface area contributed by atoms with Crippen LogP contribution in [0.2, 0.25) is 0 Å². The lowest BCUT2D eigenvalue weighted by Crippen LogP contribution is -2.03. The Labute approximate surface area is 82.8 Å². The van der Waals surface area contributed by atoms with E-state index in [1.54, 1.807) is 11.8 Å². The van der Waals surface area contributed by atoms with Crippen LogP contribution in [0.4, 0.5) is 0 Å². The Hall–Kier alpha value is -0.950. The summed E-state index contributed by atoms with van der Waals surface area (Å²) in [7, 11) is 0. The molecule has 0 aliphatic heterocycles. The summed E-state index contributed by atoms with van der Waals surface area (Å²) < 4.78 is 4.75. The largest absolute Gasteiger partial charge is 0.462 e. The van der Waals surface area contributed by atoms with Gasteiger partial charge < -0.3 is 4.74 Å². The molecular formula is C9H13NO2S. The molecule has 0 bridgehead atoms. The van der Waals surface area contributed by atoms with Crippen LogP contribution < -0.4 is 0 Å². The SMILES string of the molecule is C=CC(=O)OCCSCCCC#N. The third kappa shape index (κ3) is 8.96. The standard InChI is InChI=1S/C9H13NO2S/c1-2-9(11)12-6-8-13-7-4-3-5-10/h2H,1,3-4,6-8H2. The number of hydrogen-bond donors (Lipinski definition) is 0. The Kier molecular flexibility index (Phi) is 8.47. The van der Waals surface area contributed by atoms with Gasteiger partial charge in [-0.2, -0.15) is 17.0 Å². The van der Waals surface area contributed by atoms with Crippen LogP contribution >= 0.6 is 11.8 Å². The predicted molar refractivity (Wildman–Crippen MR) is 53.3 cm³/mol. The van der Waals surface area contributed by atoms with Crippen LogP contribution in [0.15, 0.2) is 12.7 Å². The molecule has 0 spiro atoms. The van der Waals surface area contributed by atoms with Crippen molar-refractivity contribution < 1.29 is 9.53 Å². The van der Waals surface area contributed by atoms with Crippen molar-refractivity contribution in [1.29, 1.82) is 5.26 Å². The van der Waals surface area contributed by atoms with E-state index >= 15 is 0 Å². The van der Waals surface area contributed by atoms with Crippen LogP contribution in [-0.4, -0.2) is 24.1 Å². The van der Waals surface area contributed by atoms with Gasteiger partial charge in [0.1, 0.15) is 6.61 Å². The summed E-state index contributed by atoms with van der Waals surface area (Å²) in [6.45, 7) is 3.70. The summed E-state index contributed by atoms with van der Waals surface area (Å²) in [5.74, 6) is 1.35. The smallest absolute Gasteiger partial charge is 0.330 e. The van der Waals surface area contributed by atoms with Gasteiger partial charge in [-0.3, -0.25) is 0 Å². The second-order valence-corrected chi connectivity index (χ2v) is 3.47. The summed E-state index contributed by atoms with van der Waals surface area (Å²) in [6.07, 6.45) is 2.65. The summed E-state index contributed by atoms with van der Waals surface area (Å²) in [6, 6.07) is 2.07. The molecule has 0 unspecified atom stereocenters. The highest BCUT2D eigenvalue weighted by atomic mass is 32.2. The molecule has 13 heavy (non-hydrogen) atoms. The van der Waals surface area contributed by atoms with Gasteiger partial charge in [0.25, 0.3) is 0 Å². The summed E-state index contributed by atoms with van der Waals surface area (Å²) in [5, 5.41) is 8.23. The Balaban J connectivity index is 3.04. The van der Waals surface area contributed by atoms with E-state index in [1.165, 1.54) is 0 Å². The fourth-order valence-corrected chi connectivity index (χ4v) is 1.37. The summed E-state index contributed by atoms with van der Waals surface area (Å²) >= 11 is 1.68. The van der Waals surface area contributed by atoms with Crippen molar-refractivity contribution in [2.45, 2.75) is 12.8 Å². The zero-order valence-electron chi connectivity index (χ0n) is 7.49. The van der Waals surface area contributed by atoms with E-state index in [4.69, 9.17) is 10.00 Å². The molecule has 0 heterocycles. The molecule has 0 aliphatic carbocycles. The quantitative estimate of drug-likeness (QED) is 0.356. The van der Waals surface area contributed by atoms with Gasteiger partial charge in [-0.05, 0) is 12.2 Å². The van der Waals surface area contributed by atoms with Crippen LogP contribution in [0.3, 0.4) is 0 Å². The van der Waals surface area contributed by atoms with Gasteiger partial charge in [-0.15, -0.1) is 0 Å². The number of carbonyl (C=O) groups is 1. The van der Waals surface area contributed by atoms with E-state index in [0.29, 0.717) is 13.0 Å². The maximum absolute atomic E-state index is 10.6. The molecule has 0 N–H and O–H groups in total. The highest BCUT2D eigenvalue weighted by Crippen LogP contribution is 2.03. The molecule has 0 aliphatic rings. The third-order valence-corrected chi connectivity index (χ3v) is 2.25. The van der Waals surface area contributed by atoms with Gasteiger partial charge in [-0.25, -0.2) is 4.79 Å². The van der Waals surface area contributed by atoms with Crippen molar-refractivity contribution in [1.82, 2.24) is 0 Å². The molecule has 0 radical (unpaired) electrons. The normalized spacial score (nSPS) is 8.85. The third-order valence-electron chi connectivity index (χ3n) is 1.22. The summed E-state index contributed by atoms with van der Waals surface area (Å²) in [4.78, 5) is 10.6. The lowest BCUT2D eigenvalue weighted by molar-refractivity contribution is -0.137. The van der Waals surface area contributed by atoms with Crippen LogP contribution in [0, 0.1) is 11.3 Å². The van der Waals surface area contributed by atoms with Crippen LogP contribution in [-0.2, 0) is 9.53 Å². The number of nitrogens with zero attached hydrogens (tertiary/aromatic N) is 1. The van der Waals surface area contributed by atoms with Gasteiger partial charge in [0.05, 0.1) is 6.07 Å². The molecule has 0 saturated carbocycles. The molecule has 0 amide bonds. The van der Waals surface area contributed by atoms with Crippen LogP contribution in [0.25, 0.3) is 0 Å². The number of nitriles is 1. The Morgan fingerprint density at radius 3 is 3.00 bits per heavy atom. The number of carbonyl (C=O) groups excluding carboxylic acids is 1. The van der Waals surface area contributed by atoms with E-state index in [1.807, 2.05) is 0 Å². The lowest BCUT2D eigenvalue weighted by Gasteiger charge is -2.00. The molecule has 0 rings (SSSR count). The second-order valence-electron chi connectivity index (χ2n) is 2.25. The zero-order valence-corrected chi connectivity index (χ0v) is 8.31. The molecule has 0 aromatic carbocycles. The highest BCUT2D eigenvalue weighted by molar-refractivity contribution is 7.99. The average molecular weight is 199 g/mol. The van der Waals surface area contributed by atoms with Crippen molar-refractivity contribution >= 4 is 17.7 Å². The van der Waals surface area contributed by atoms with Crippen molar-refractivity contribution in [2.75, 3.05) is 18.1 Å². The molecule has 0 aromatic heterocycles. The maximum Gasteiger partial charge on any atom is 0.330 e. The number of hydrogen-bond acceptors (Lipinski definition) is 4. The minimum atomic E-state index is -0.377. The molecule has 0 aromatic rings. The number of thioether (sulfide) groups is 1. The van der Waals surface area contributed by atoms with Gasteiger partial charge in [-0.1, -0.05) is 6.58 Å². The minimum absolute atomic E-state index is 0.377. The monoisotopic (exact) mass is 199 g/mol. The molecular weight excluding hydrogens is 186 g/mol. The minimum Gasteiger partial charge on any atom is -0.462 e. The highest BCUT2D eigenvalue weighted by Gasteiger charge is 1.94. The van der Waals surface area contributed by atoms with Gasteiger partial charge >= 0.3 is 5.97 Å². The first-order chi connectivity index (χ1) is 6.31. The first-order valence-electron chi connectivity index (χ1n) is 4.05. The number of esters is 1. The first-order valence-corrected chi connectivity index (χ1v) is 5.20. The van der Waals surface area contributed by atoms with Crippen LogP contribution in [0.1, 0.15) is 12.8 Å². The first kappa shape index (κ1) is 12.0. The number of ether oxygens (including phenoxy) is 1. The molecule has 0 fully saturated rings. The van der Waals surface area contributed by atoms with E-state index < -0.39 is 0 Å². The molecule has 3 nitrogen and oxygen atoms in total. The maximum atomic E-state index is 10.6. The van der Waals surface area contributed by atoms with Crippen molar-refractivity contribution in [3.63, 3.8) is 0 Å². The second kappa shape index (κ2) is 9.14. The molecule has 72 valence electrons. The van der Waals surface area contributed by atoms with E-state index in [9.17, 15) is 4.79 Å². The summed E-state index contributed by atoms with van der Waals surface area (Å²) in [5.41, 5.74) is 0. The van der Waals surface area contributed by atoms with Crippen molar-refractivity contribution in [3.8, 4) is 6.07 Å². The fourth-order valence-electron chi connectivity index (χ4n) is 0.615. The van der Waals surface area contributed by atoms with Gasteiger partial charge in [0.15, 0.2) is 0 Å². The van der Waals surface area contributed by atoms with Gasteiger partial charge in [0.2, 0.25) is 0 Å². The average Bonchev–Trinajstić information content (AvgIpc) is 2.16. The topological polar surface area (TPSA) is 50.1 Å². The van der Waals surface area contributed by atoms with E-state index in [0.717, 1.165) is 24.0 Å². The molecule has 0 saturated heterocycles.